The van der Waals surface area contributed by atoms with Crippen LogP contribution in [0.5, 0.6) is 11.5 Å². The van der Waals surface area contributed by atoms with Gasteiger partial charge in [0.2, 0.25) is 5.56 Å². The van der Waals surface area contributed by atoms with Gasteiger partial charge in [0.25, 0.3) is 0 Å². The van der Waals surface area contributed by atoms with E-state index in [0.717, 1.165) is 52.7 Å². The highest BCUT2D eigenvalue weighted by molar-refractivity contribution is 5.87. The van der Waals surface area contributed by atoms with Gasteiger partial charge in [-0.25, -0.2) is 0 Å². The molecular formula is C44H58N3O6+. The van der Waals surface area contributed by atoms with Gasteiger partial charge in [0, 0.05) is 49.2 Å². The fourth-order valence-electron chi connectivity index (χ4n) is 9.77. The molecule has 4 aromatic rings. The summed E-state index contributed by atoms with van der Waals surface area (Å²) in [5, 5.41) is 37.4. The third-order valence-electron chi connectivity index (χ3n) is 13.1. The summed E-state index contributed by atoms with van der Waals surface area (Å²) in [4.78, 5) is 14.4. The SMILES string of the molecule is Cc1cc([C@H](C)NC[C@H](O)c2ccc(O)c3[nH]c(=O)ccc23)ccc1OCCC[N+]12CCC(CC1)[C@@H](OCC(O)(c1ccccc1)C1CCCC1)[C@@H]2C. The van der Waals surface area contributed by atoms with E-state index in [-0.39, 0.29) is 29.4 Å². The van der Waals surface area contributed by atoms with Gasteiger partial charge in [-0.2, -0.15) is 0 Å². The number of aliphatic hydroxyl groups excluding tert-OH is 1. The number of nitrogens with one attached hydrogen (secondary N) is 2. The van der Waals surface area contributed by atoms with Gasteiger partial charge in [0.1, 0.15) is 29.2 Å². The van der Waals surface area contributed by atoms with Crippen molar-refractivity contribution in [2.45, 2.75) is 95.6 Å². The van der Waals surface area contributed by atoms with Crippen molar-refractivity contribution in [1.82, 2.24) is 10.3 Å². The first-order valence-electron chi connectivity index (χ1n) is 19.8. The van der Waals surface area contributed by atoms with Crippen LogP contribution in [-0.2, 0) is 10.3 Å². The maximum atomic E-state index is 12.1. The zero-order valence-corrected chi connectivity index (χ0v) is 31.6. The van der Waals surface area contributed by atoms with Crippen molar-refractivity contribution in [3.05, 3.63) is 105 Å². The molecule has 8 rings (SSSR count). The summed E-state index contributed by atoms with van der Waals surface area (Å²) in [6.45, 7) is 11.3. The lowest BCUT2D eigenvalue weighted by molar-refractivity contribution is -0.968. The van der Waals surface area contributed by atoms with Crippen molar-refractivity contribution >= 4 is 10.9 Å². The second-order valence-electron chi connectivity index (χ2n) is 16.2. The number of aromatic nitrogens is 1. The number of quaternary nitrogens is 1. The molecule has 5 atom stereocenters. The van der Waals surface area contributed by atoms with Gasteiger partial charge in [-0.3, -0.25) is 4.79 Å². The van der Waals surface area contributed by atoms with Gasteiger partial charge in [0.15, 0.2) is 0 Å². The maximum Gasteiger partial charge on any atom is 0.248 e. The van der Waals surface area contributed by atoms with E-state index in [1.807, 2.05) is 24.3 Å². The van der Waals surface area contributed by atoms with Gasteiger partial charge in [0.05, 0.1) is 44.5 Å². The normalized spacial score (nSPS) is 25.3. The number of piperidine rings is 3. The average molecular weight is 725 g/mol. The molecule has 9 heteroatoms. The summed E-state index contributed by atoms with van der Waals surface area (Å²) >= 11 is 0. The molecule has 1 saturated carbocycles. The van der Waals surface area contributed by atoms with Crippen molar-refractivity contribution in [1.29, 1.82) is 0 Å². The van der Waals surface area contributed by atoms with E-state index in [0.29, 0.717) is 48.2 Å². The molecule has 1 aromatic heterocycles. The van der Waals surface area contributed by atoms with E-state index < -0.39 is 11.7 Å². The fraction of sp³-hybridized carbons (Fsp3) is 0.523. The number of H-pyrrole nitrogens is 1. The maximum absolute atomic E-state index is 12.1. The molecule has 4 fully saturated rings. The van der Waals surface area contributed by atoms with Crippen LogP contribution >= 0.6 is 0 Å². The minimum Gasteiger partial charge on any atom is -0.506 e. The standard InChI is InChI=1S/C44H57N3O6/c1-29-26-33(30(2)45-27-39(49)36-15-17-38(48)42-37(36)16-19-41(50)46-42)14-18-40(29)52-25-9-22-47-23-20-32(21-24-47)43(31(47)3)53-28-44(51,35-12-7-8-13-35)34-10-5-4-6-11-34/h4-6,10-11,14-19,26,30-32,35,39,43,45,49,51H,7-9,12-13,20-25,27-28H2,1-3H3,(H-,46,48,50)/p+1/t30-,31-,32?,39-,43-,44?,47?/m0/s1. The van der Waals surface area contributed by atoms with Crippen LogP contribution in [0.25, 0.3) is 10.9 Å². The first-order chi connectivity index (χ1) is 25.6. The Morgan fingerprint density at radius 1 is 1.00 bits per heavy atom. The Morgan fingerprint density at radius 3 is 2.49 bits per heavy atom. The third kappa shape index (κ3) is 7.78. The summed E-state index contributed by atoms with van der Waals surface area (Å²) in [6, 6.07) is 23.1. The van der Waals surface area contributed by atoms with Crippen LogP contribution in [0.2, 0.25) is 0 Å². The summed E-state index contributed by atoms with van der Waals surface area (Å²) < 4.78 is 14.3. The number of pyridine rings is 1. The zero-order valence-electron chi connectivity index (χ0n) is 31.6. The topological polar surface area (TPSA) is 124 Å². The molecule has 53 heavy (non-hydrogen) atoms. The molecule has 0 amide bonds. The van der Waals surface area contributed by atoms with Crippen molar-refractivity contribution < 1.29 is 29.3 Å². The molecule has 4 heterocycles. The van der Waals surface area contributed by atoms with Crippen LogP contribution in [0.1, 0.15) is 93.2 Å². The van der Waals surface area contributed by atoms with Crippen molar-refractivity contribution in [2.75, 3.05) is 39.4 Å². The summed E-state index contributed by atoms with van der Waals surface area (Å²) in [5.74, 6) is 1.68. The second kappa shape index (κ2) is 15.9. The molecule has 4 aliphatic rings. The molecule has 2 bridgehead atoms. The van der Waals surface area contributed by atoms with Crippen LogP contribution in [0.3, 0.4) is 0 Å². The van der Waals surface area contributed by atoms with Crippen LogP contribution in [0, 0.1) is 18.8 Å². The number of phenolic OH excluding ortho intramolecular Hbond substituents is 1. The smallest absolute Gasteiger partial charge is 0.248 e. The molecule has 284 valence electrons. The van der Waals surface area contributed by atoms with Gasteiger partial charge < -0.3 is 39.6 Å². The minimum absolute atomic E-state index is 0.0167. The quantitative estimate of drug-likeness (QED) is 0.0676. The molecule has 0 radical (unpaired) electrons. The van der Waals surface area contributed by atoms with E-state index in [1.165, 1.54) is 50.9 Å². The predicted molar refractivity (Wildman–Crippen MR) is 208 cm³/mol. The number of aryl methyl sites for hydroxylation is 1. The third-order valence-corrected chi connectivity index (χ3v) is 13.1. The Kier molecular flexibility index (Phi) is 11.3. The monoisotopic (exact) mass is 724 g/mol. The first kappa shape index (κ1) is 37.6. The highest BCUT2D eigenvalue weighted by Gasteiger charge is 2.53. The van der Waals surface area contributed by atoms with Gasteiger partial charge in [-0.15, -0.1) is 0 Å². The van der Waals surface area contributed by atoms with E-state index in [9.17, 15) is 20.1 Å². The number of rotatable bonds is 15. The van der Waals surface area contributed by atoms with Crippen molar-refractivity contribution in [3.8, 4) is 11.5 Å². The number of hydrogen-bond acceptors (Lipinski definition) is 7. The predicted octanol–water partition coefficient (Wildman–Crippen LogP) is 6.79. The average Bonchev–Trinajstić information content (AvgIpc) is 3.73. The number of aromatic hydroxyl groups is 1. The van der Waals surface area contributed by atoms with Crippen molar-refractivity contribution in [3.63, 3.8) is 0 Å². The lowest BCUT2D eigenvalue weighted by Crippen LogP contribution is -2.69. The van der Waals surface area contributed by atoms with E-state index in [2.05, 4.69) is 55.3 Å². The largest absolute Gasteiger partial charge is 0.506 e. The fourth-order valence-corrected chi connectivity index (χ4v) is 9.77. The number of phenols is 1. The number of fused-ring (bicyclic) bond motifs is 4. The summed E-state index contributed by atoms with van der Waals surface area (Å²) in [6.07, 6.45) is 7.15. The summed E-state index contributed by atoms with van der Waals surface area (Å²) in [7, 11) is 0. The number of aliphatic hydroxyl groups is 2. The Bertz CT molecular complexity index is 1900. The Balaban J connectivity index is 0.912. The first-order valence-corrected chi connectivity index (χ1v) is 19.8. The van der Waals surface area contributed by atoms with Crippen LogP contribution in [0.15, 0.2) is 77.6 Å². The minimum atomic E-state index is -0.933. The van der Waals surface area contributed by atoms with Gasteiger partial charge in [-0.05, 0) is 80.0 Å². The van der Waals surface area contributed by atoms with E-state index >= 15 is 0 Å². The molecule has 0 spiro atoms. The highest BCUT2D eigenvalue weighted by Crippen LogP contribution is 2.44. The molecule has 9 nitrogen and oxygen atoms in total. The van der Waals surface area contributed by atoms with Gasteiger partial charge in [-0.1, -0.05) is 61.4 Å². The number of aromatic amines is 1. The van der Waals surface area contributed by atoms with Crippen LogP contribution in [0.4, 0.5) is 0 Å². The molecular weight excluding hydrogens is 666 g/mol. The Hall–Kier alpha value is -3.73. The molecule has 1 aliphatic carbocycles. The molecule has 3 saturated heterocycles. The lowest BCUT2D eigenvalue weighted by atomic mass is 9.77. The molecule has 1 unspecified atom stereocenters. The van der Waals surface area contributed by atoms with Crippen molar-refractivity contribution in [2.24, 2.45) is 11.8 Å². The molecule has 3 aliphatic heterocycles. The Morgan fingerprint density at radius 2 is 1.75 bits per heavy atom. The highest BCUT2D eigenvalue weighted by atomic mass is 16.5. The zero-order chi connectivity index (χ0) is 37.2. The number of ether oxygens (including phenoxy) is 2. The van der Waals surface area contributed by atoms with Crippen LogP contribution < -0.4 is 15.6 Å². The number of benzene rings is 3. The second-order valence-corrected chi connectivity index (χ2v) is 16.2. The number of nitrogens with zero attached hydrogens (tertiary/aromatic N) is 1. The summed E-state index contributed by atoms with van der Waals surface area (Å²) in [5.41, 5.74) is 2.90. The molecule has 3 aromatic carbocycles. The van der Waals surface area contributed by atoms with E-state index in [1.54, 1.807) is 12.1 Å². The number of hydrogen-bond donors (Lipinski definition) is 5. The van der Waals surface area contributed by atoms with Gasteiger partial charge >= 0.3 is 0 Å². The Labute approximate surface area is 313 Å². The van der Waals surface area contributed by atoms with E-state index in [4.69, 9.17) is 9.47 Å². The van der Waals surface area contributed by atoms with Crippen LogP contribution in [-0.4, -0.2) is 76.3 Å². The lowest BCUT2D eigenvalue weighted by Gasteiger charge is -2.57. The molecule has 5 N–H and O–H groups in total.